The molecule has 1 saturated heterocycles. The van der Waals surface area contributed by atoms with Crippen molar-refractivity contribution in [3.63, 3.8) is 0 Å². The number of imidazole rings is 1. The van der Waals surface area contributed by atoms with Gasteiger partial charge in [-0.05, 0) is 38.2 Å². The first-order chi connectivity index (χ1) is 16.5. The van der Waals surface area contributed by atoms with Gasteiger partial charge < -0.3 is 9.80 Å². The van der Waals surface area contributed by atoms with E-state index in [-0.39, 0.29) is 24.2 Å². The van der Waals surface area contributed by atoms with Gasteiger partial charge in [-0.2, -0.15) is 0 Å². The molecule has 10 heteroatoms. The summed E-state index contributed by atoms with van der Waals surface area (Å²) < 4.78 is 17.3. The molecular weight excluding hydrogens is 435 g/mol. The molecule has 0 N–H and O–H groups in total. The number of nitrogens with zero attached hydrogens (tertiary/aromatic N) is 8. The van der Waals surface area contributed by atoms with Crippen molar-refractivity contribution in [2.75, 3.05) is 18.0 Å². The summed E-state index contributed by atoms with van der Waals surface area (Å²) in [7, 11) is 0. The average molecular weight is 465 g/mol. The maximum absolute atomic E-state index is 15.5. The fourth-order valence-corrected chi connectivity index (χ4v) is 4.56. The van der Waals surface area contributed by atoms with Gasteiger partial charge >= 0.3 is 0 Å². The lowest BCUT2D eigenvalue weighted by Crippen LogP contribution is -2.55. The summed E-state index contributed by atoms with van der Waals surface area (Å²) in [6.07, 6.45) is 13.2. The van der Waals surface area contributed by atoms with Crippen LogP contribution >= 0.6 is 0 Å². The molecule has 9 nitrogen and oxygen atoms in total. The van der Waals surface area contributed by atoms with Crippen molar-refractivity contribution in [1.29, 1.82) is 0 Å². The number of alkyl halides is 1. The smallest absolute Gasteiger partial charge is 0.274 e. The molecule has 1 saturated carbocycles. The Hall–Kier alpha value is -3.43. The van der Waals surface area contributed by atoms with Crippen LogP contribution in [0.25, 0.3) is 5.82 Å². The summed E-state index contributed by atoms with van der Waals surface area (Å²) in [6.45, 7) is 4.74. The quantitative estimate of drug-likeness (QED) is 0.531. The Morgan fingerprint density at radius 2 is 1.88 bits per heavy atom. The number of anilines is 1. The summed E-state index contributed by atoms with van der Waals surface area (Å²) in [6, 6.07) is -0.433. The van der Waals surface area contributed by atoms with Crippen LogP contribution in [-0.2, 0) is 6.42 Å². The van der Waals surface area contributed by atoms with E-state index in [1.807, 2.05) is 24.2 Å². The van der Waals surface area contributed by atoms with Gasteiger partial charge in [0.25, 0.3) is 5.91 Å². The van der Waals surface area contributed by atoms with Gasteiger partial charge in [-0.1, -0.05) is 13.3 Å². The molecule has 34 heavy (non-hydrogen) atoms. The van der Waals surface area contributed by atoms with Crippen molar-refractivity contribution >= 4 is 11.9 Å². The molecule has 178 valence electrons. The number of hydrogen-bond acceptors (Lipinski definition) is 7. The zero-order valence-electron chi connectivity index (χ0n) is 19.5. The van der Waals surface area contributed by atoms with Gasteiger partial charge in [-0.25, -0.2) is 29.3 Å². The van der Waals surface area contributed by atoms with E-state index >= 15 is 4.39 Å². The highest BCUT2D eigenvalue weighted by Crippen LogP contribution is 2.34. The van der Waals surface area contributed by atoms with Gasteiger partial charge in [0.05, 0.1) is 25.0 Å². The minimum absolute atomic E-state index is 0.0595. The van der Waals surface area contributed by atoms with Crippen LogP contribution < -0.4 is 4.90 Å². The lowest BCUT2D eigenvalue weighted by Gasteiger charge is -2.40. The molecule has 2 fully saturated rings. The Labute approximate surface area is 198 Å². The monoisotopic (exact) mass is 464 g/mol. The van der Waals surface area contributed by atoms with E-state index in [9.17, 15) is 4.79 Å². The molecule has 2 unspecified atom stereocenters. The third kappa shape index (κ3) is 4.49. The molecule has 0 spiro atoms. The van der Waals surface area contributed by atoms with Gasteiger partial charge in [0.1, 0.15) is 17.7 Å². The molecule has 0 bridgehead atoms. The zero-order valence-corrected chi connectivity index (χ0v) is 19.5. The van der Waals surface area contributed by atoms with E-state index in [1.54, 1.807) is 28.1 Å². The second kappa shape index (κ2) is 9.44. The second-order valence-electron chi connectivity index (χ2n) is 9.01. The molecule has 1 amide bonds. The third-order valence-corrected chi connectivity index (χ3v) is 6.48. The van der Waals surface area contributed by atoms with Gasteiger partial charge in [0.2, 0.25) is 5.95 Å². The van der Waals surface area contributed by atoms with Crippen molar-refractivity contribution in [2.24, 2.45) is 0 Å². The highest BCUT2D eigenvalue weighted by molar-refractivity contribution is 5.92. The van der Waals surface area contributed by atoms with Gasteiger partial charge in [0, 0.05) is 37.4 Å². The third-order valence-electron chi connectivity index (χ3n) is 6.48. The average Bonchev–Trinajstić information content (AvgIpc) is 3.60. The summed E-state index contributed by atoms with van der Waals surface area (Å²) >= 11 is 0. The summed E-state index contributed by atoms with van der Waals surface area (Å²) in [5.74, 6) is 1.65. The van der Waals surface area contributed by atoms with Crippen molar-refractivity contribution < 1.29 is 9.18 Å². The molecule has 3 aromatic heterocycles. The highest BCUT2D eigenvalue weighted by Gasteiger charge is 2.44. The van der Waals surface area contributed by atoms with Crippen LogP contribution in [0, 0.1) is 6.92 Å². The number of carbonyl (C=O) groups is 1. The Bertz CT molecular complexity index is 1130. The summed E-state index contributed by atoms with van der Waals surface area (Å²) in [4.78, 5) is 38.8. The molecule has 2 atom stereocenters. The first-order valence-electron chi connectivity index (χ1n) is 11.9. The normalized spacial score (nSPS) is 20.4. The van der Waals surface area contributed by atoms with Gasteiger partial charge in [-0.15, -0.1) is 0 Å². The van der Waals surface area contributed by atoms with Crippen LogP contribution in [0.5, 0.6) is 0 Å². The van der Waals surface area contributed by atoms with E-state index in [2.05, 4.69) is 31.8 Å². The van der Waals surface area contributed by atoms with Gasteiger partial charge in [0.15, 0.2) is 5.82 Å². The van der Waals surface area contributed by atoms with E-state index < -0.39 is 12.2 Å². The molecule has 4 heterocycles. The molecular formula is C24H29FN8O. The van der Waals surface area contributed by atoms with Gasteiger partial charge in [-0.3, -0.25) is 9.36 Å². The maximum atomic E-state index is 15.5. The first kappa shape index (κ1) is 22.4. The second-order valence-corrected chi connectivity index (χ2v) is 9.01. The predicted octanol–water partition coefficient (Wildman–Crippen LogP) is 2.93. The number of aromatic nitrogens is 6. The van der Waals surface area contributed by atoms with Crippen molar-refractivity contribution in [1.82, 2.24) is 34.4 Å². The summed E-state index contributed by atoms with van der Waals surface area (Å²) in [5, 5.41) is 0. The Morgan fingerprint density at radius 1 is 1.09 bits per heavy atom. The maximum Gasteiger partial charge on any atom is 0.274 e. The number of aryl methyl sites for hydroxylation is 2. The van der Waals surface area contributed by atoms with E-state index in [0.717, 1.165) is 37.1 Å². The molecule has 2 aliphatic rings. The Balaban J connectivity index is 1.29. The number of halogens is 1. The largest absolute Gasteiger partial charge is 0.338 e. The van der Waals surface area contributed by atoms with E-state index in [4.69, 9.17) is 0 Å². The van der Waals surface area contributed by atoms with Crippen molar-refractivity contribution in [2.45, 2.75) is 64.2 Å². The molecule has 5 rings (SSSR count). The standard InChI is InChI=1S/C24H29FN8O/c1-3-4-17-11-29-24(30-12-17)31-9-7-21(19(25)15-31)33(18-5-6-18)23(34)20-13-28-22(14-27-20)32-10-8-26-16(32)2/h8,10-14,18-19,21H,3-7,9,15H2,1-2H3. The Kier molecular flexibility index (Phi) is 6.21. The molecule has 3 aromatic rings. The number of piperidine rings is 1. The van der Waals surface area contributed by atoms with Crippen molar-refractivity contribution in [3.05, 3.63) is 54.3 Å². The van der Waals surface area contributed by atoms with Crippen LogP contribution in [0.4, 0.5) is 10.3 Å². The van der Waals surface area contributed by atoms with Crippen LogP contribution in [0.1, 0.15) is 54.5 Å². The lowest BCUT2D eigenvalue weighted by molar-refractivity contribution is 0.0480. The first-order valence-corrected chi connectivity index (χ1v) is 11.9. The van der Waals surface area contributed by atoms with Crippen LogP contribution in [0.3, 0.4) is 0 Å². The molecule has 1 aliphatic carbocycles. The molecule has 0 radical (unpaired) electrons. The number of carbonyl (C=O) groups excluding carboxylic acids is 1. The number of hydrogen-bond donors (Lipinski definition) is 0. The van der Waals surface area contributed by atoms with E-state index in [0.29, 0.717) is 24.7 Å². The summed E-state index contributed by atoms with van der Waals surface area (Å²) in [5.41, 5.74) is 1.32. The predicted molar refractivity (Wildman–Crippen MR) is 125 cm³/mol. The molecule has 1 aliphatic heterocycles. The van der Waals surface area contributed by atoms with Crippen LogP contribution in [0.2, 0.25) is 0 Å². The van der Waals surface area contributed by atoms with Crippen LogP contribution in [0.15, 0.2) is 37.2 Å². The fraction of sp³-hybridized carbons (Fsp3) is 0.500. The fourth-order valence-electron chi connectivity index (χ4n) is 4.56. The lowest BCUT2D eigenvalue weighted by atomic mass is 10.0. The van der Waals surface area contributed by atoms with E-state index in [1.165, 1.54) is 6.20 Å². The minimum atomic E-state index is -1.20. The number of amides is 1. The van der Waals surface area contributed by atoms with Crippen molar-refractivity contribution in [3.8, 4) is 5.82 Å². The zero-order chi connectivity index (χ0) is 23.7. The topological polar surface area (TPSA) is 92.9 Å². The highest BCUT2D eigenvalue weighted by atomic mass is 19.1. The Morgan fingerprint density at radius 3 is 2.47 bits per heavy atom. The number of rotatable bonds is 7. The minimum Gasteiger partial charge on any atom is -0.338 e. The van der Waals surface area contributed by atoms with Crippen LogP contribution in [-0.4, -0.2) is 71.6 Å². The molecule has 0 aromatic carbocycles. The SMILES string of the molecule is CCCc1cnc(N2CCC(N(C(=O)c3cnc(-n4ccnc4C)cn3)C3CC3)C(F)C2)nc1.